The van der Waals surface area contributed by atoms with Crippen molar-refractivity contribution >= 4 is 52.2 Å². The van der Waals surface area contributed by atoms with Gasteiger partial charge >= 0.3 is 0 Å². The maximum absolute atomic E-state index is 9.84. The zero-order chi connectivity index (χ0) is 17.8. The Morgan fingerprint density at radius 2 is 1.85 bits per heavy atom. The number of aryl methyl sites for hydroxylation is 2. The summed E-state index contributed by atoms with van der Waals surface area (Å²) in [7, 11) is 0. The minimum Gasteiger partial charge on any atom is -0.394 e. The van der Waals surface area contributed by atoms with Crippen LogP contribution < -0.4 is 11.1 Å². The number of hydrogen-bond donors (Lipinski definition) is 3. The summed E-state index contributed by atoms with van der Waals surface area (Å²) < 4.78 is 0. The molecule has 5 nitrogen and oxygen atoms in total. The molecule has 1 aromatic carbocycles. The van der Waals surface area contributed by atoms with Gasteiger partial charge < -0.3 is 16.2 Å². The Morgan fingerprint density at radius 1 is 1.15 bits per heavy atom. The molecule has 0 aliphatic carbocycles. The van der Waals surface area contributed by atoms with Crippen LogP contribution in [0.4, 0.5) is 5.82 Å². The van der Waals surface area contributed by atoms with Gasteiger partial charge in [-0.2, -0.15) is 0 Å². The van der Waals surface area contributed by atoms with Crippen LogP contribution in [0.3, 0.4) is 0 Å². The molecule has 27 heavy (non-hydrogen) atoms. The Morgan fingerprint density at radius 3 is 2.48 bits per heavy atom. The molecule has 0 fully saturated rings. The van der Waals surface area contributed by atoms with E-state index in [-0.39, 0.29) is 37.5 Å². The predicted molar refractivity (Wildman–Crippen MR) is 119 cm³/mol. The monoisotopic (exact) mass is 428 g/mol. The third kappa shape index (κ3) is 5.53. The number of aliphatic hydroxyl groups excluding tert-OH is 1. The molecule has 0 amide bonds. The Kier molecular flexibility index (Phi) is 9.42. The molecule has 1 atom stereocenters. The normalized spacial score (nSPS) is 11.6. The Labute approximate surface area is 176 Å². The number of nitrogens with zero attached hydrogens (tertiary/aromatic N) is 2. The highest BCUT2D eigenvalue weighted by Crippen LogP contribution is 2.33. The number of anilines is 1. The number of aliphatic hydroxyl groups is 1. The first-order chi connectivity index (χ1) is 12.1. The molecule has 0 saturated heterocycles. The Hall–Kier alpha value is -1.44. The standard InChI is InChI=1S/C19H24N4OS.2ClH/c1-12-13(2)25-19-17(12)18(22-16(23-19)8-9-20)21-15(11-24)10-14-6-4-3-5-7-14;;/h3-7,15,24H,8-11,20H2,1-2H3,(H,21,22,23);2*1H/t15-;;/m1../s1. The van der Waals surface area contributed by atoms with Crippen molar-refractivity contribution in [3.8, 4) is 0 Å². The molecule has 0 aliphatic rings. The lowest BCUT2D eigenvalue weighted by atomic mass is 10.1. The average molecular weight is 429 g/mol. The van der Waals surface area contributed by atoms with Crippen molar-refractivity contribution in [1.82, 2.24) is 9.97 Å². The number of nitrogens with two attached hydrogens (primary N) is 1. The van der Waals surface area contributed by atoms with Gasteiger partial charge in [0.15, 0.2) is 0 Å². The number of halogens is 2. The average Bonchev–Trinajstić information content (AvgIpc) is 2.90. The van der Waals surface area contributed by atoms with E-state index in [4.69, 9.17) is 5.73 Å². The summed E-state index contributed by atoms with van der Waals surface area (Å²) in [6, 6.07) is 10.1. The summed E-state index contributed by atoms with van der Waals surface area (Å²) in [5, 5.41) is 14.3. The highest BCUT2D eigenvalue weighted by molar-refractivity contribution is 7.18. The fourth-order valence-corrected chi connectivity index (χ4v) is 3.94. The van der Waals surface area contributed by atoms with Gasteiger partial charge in [-0.05, 0) is 37.9 Å². The van der Waals surface area contributed by atoms with E-state index in [0.29, 0.717) is 13.0 Å². The third-order valence-electron chi connectivity index (χ3n) is 4.33. The molecule has 148 valence electrons. The Balaban J connectivity index is 0.00000182. The van der Waals surface area contributed by atoms with Crippen LogP contribution in [0, 0.1) is 13.8 Å². The first-order valence-corrected chi connectivity index (χ1v) is 9.32. The lowest BCUT2D eigenvalue weighted by Gasteiger charge is -2.18. The minimum absolute atomic E-state index is 0. The molecule has 0 unspecified atom stereocenters. The summed E-state index contributed by atoms with van der Waals surface area (Å²) in [5.41, 5.74) is 8.06. The summed E-state index contributed by atoms with van der Waals surface area (Å²) in [4.78, 5) is 11.6. The van der Waals surface area contributed by atoms with Gasteiger partial charge in [-0.25, -0.2) is 9.97 Å². The number of nitrogens with one attached hydrogen (secondary N) is 1. The van der Waals surface area contributed by atoms with Crippen molar-refractivity contribution in [2.45, 2.75) is 32.7 Å². The van der Waals surface area contributed by atoms with Gasteiger partial charge in [-0.15, -0.1) is 36.2 Å². The van der Waals surface area contributed by atoms with Crippen LogP contribution in [0.1, 0.15) is 21.8 Å². The fourth-order valence-electron chi connectivity index (χ4n) is 2.89. The maximum atomic E-state index is 9.84. The van der Waals surface area contributed by atoms with E-state index in [9.17, 15) is 5.11 Å². The molecular weight excluding hydrogens is 403 g/mol. The van der Waals surface area contributed by atoms with Gasteiger partial charge in [0.25, 0.3) is 0 Å². The summed E-state index contributed by atoms with van der Waals surface area (Å²) in [5.74, 6) is 1.54. The second-order valence-corrected chi connectivity index (χ2v) is 7.41. The van der Waals surface area contributed by atoms with Crippen molar-refractivity contribution in [3.05, 3.63) is 52.2 Å². The number of aromatic nitrogens is 2. The summed E-state index contributed by atoms with van der Waals surface area (Å²) in [6.07, 6.45) is 1.38. The molecule has 4 N–H and O–H groups in total. The summed E-state index contributed by atoms with van der Waals surface area (Å²) in [6.45, 7) is 4.74. The third-order valence-corrected chi connectivity index (χ3v) is 5.43. The molecule has 2 aromatic heterocycles. The van der Waals surface area contributed by atoms with Crippen molar-refractivity contribution in [2.24, 2.45) is 5.73 Å². The van der Waals surface area contributed by atoms with Crippen LogP contribution in [0.15, 0.2) is 30.3 Å². The second kappa shape index (κ2) is 10.8. The molecule has 2 heterocycles. The largest absolute Gasteiger partial charge is 0.394 e. The van der Waals surface area contributed by atoms with E-state index in [1.165, 1.54) is 16.0 Å². The zero-order valence-electron chi connectivity index (χ0n) is 15.4. The number of hydrogen-bond acceptors (Lipinski definition) is 6. The van der Waals surface area contributed by atoms with E-state index >= 15 is 0 Å². The fraction of sp³-hybridized carbons (Fsp3) is 0.368. The van der Waals surface area contributed by atoms with Gasteiger partial charge in [-0.3, -0.25) is 0 Å². The van der Waals surface area contributed by atoms with Crippen molar-refractivity contribution in [1.29, 1.82) is 0 Å². The van der Waals surface area contributed by atoms with Gasteiger partial charge in [0.1, 0.15) is 16.5 Å². The first kappa shape index (κ1) is 23.6. The first-order valence-electron chi connectivity index (χ1n) is 8.50. The minimum atomic E-state index is -0.106. The van der Waals surface area contributed by atoms with Crippen LogP contribution in [-0.2, 0) is 12.8 Å². The second-order valence-electron chi connectivity index (χ2n) is 6.20. The molecule has 0 spiro atoms. The summed E-state index contributed by atoms with van der Waals surface area (Å²) >= 11 is 1.68. The number of fused-ring (bicyclic) bond motifs is 1. The molecule has 8 heteroatoms. The molecular formula is C19H26Cl2N4OS. The molecule has 0 saturated carbocycles. The van der Waals surface area contributed by atoms with E-state index in [0.717, 1.165) is 28.3 Å². The van der Waals surface area contributed by atoms with Crippen LogP contribution >= 0.6 is 36.2 Å². The highest BCUT2D eigenvalue weighted by Gasteiger charge is 2.17. The van der Waals surface area contributed by atoms with Gasteiger partial charge in [-0.1, -0.05) is 30.3 Å². The lowest BCUT2D eigenvalue weighted by Crippen LogP contribution is -2.27. The lowest BCUT2D eigenvalue weighted by molar-refractivity contribution is 0.273. The molecule has 0 bridgehead atoms. The van der Waals surface area contributed by atoms with Crippen LogP contribution in [0.2, 0.25) is 0 Å². The predicted octanol–water partition coefficient (Wildman–Crippen LogP) is 3.67. The van der Waals surface area contributed by atoms with E-state index in [1.807, 2.05) is 18.2 Å². The SMILES string of the molecule is Cc1sc2nc(CCN)nc(N[C@@H](CO)Cc3ccccc3)c2c1C.Cl.Cl. The van der Waals surface area contributed by atoms with E-state index in [2.05, 4.69) is 41.3 Å². The van der Waals surface area contributed by atoms with Gasteiger partial charge in [0.05, 0.1) is 18.0 Å². The Bertz CT molecular complexity index is 858. The molecule has 3 aromatic rings. The maximum Gasteiger partial charge on any atom is 0.139 e. The van der Waals surface area contributed by atoms with Crippen molar-refractivity contribution in [3.63, 3.8) is 0 Å². The number of rotatable bonds is 7. The van der Waals surface area contributed by atoms with Crippen LogP contribution in [-0.4, -0.2) is 34.3 Å². The highest BCUT2D eigenvalue weighted by atomic mass is 35.5. The van der Waals surface area contributed by atoms with Gasteiger partial charge in [0.2, 0.25) is 0 Å². The van der Waals surface area contributed by atoms with Crippen molar-refractivity contribution < 1.29 is 5.11 Å². The molecule has 0 radical (unpaired) electrons. The van der Waals surface area contributed by atoms with E-state index < -0.39 is 0 Å². The number of thiophene rings is 1. The van der Waals surface area contributed by atoms with Gasteiger partial charge in [0, 0.05) is 11.3 Å². The topological polar surface area (TPSA) is 84.1 Å². The number of benzene rings is 1. The quantitative estimate of drug-likeness (QED) is 0.534. The van der Waals surface area contributed by atoms with Crippen LogP contribution in [0.25, 0.3) is 10.2 Å². The van der Waals surface area contributed by atoms with Crippen LogP contribution in [0.5, 0.6) is 0 Å². The molecule has 0 aliphatic heterocycles. The smallest absolute Gasteiger partial charge is 0.139 e. The van der Waals surface area contributed by atoms with E-state index in [1.54, 1.807) is 11.3 Å². The zero-order valence-corrected chi connectivity index (χ0v) is 17.9. The molecule has 3 rings (SSSR count). The van der Waals surface area contributed by atoms with Crippen molar-refractivity contribution in [2.75, 3.05) is 18.5 Å².